The Morgan fingerprint density at radius 2 is 1.70 bits per heavy atom. The van der Waals surface area contributed by atoms with Crippen LogP contribution in [-0.2, 0) is 19.6 Å². The zero-order valence-corrected chi connectivity index (χ0v) is 19.4. The van der Waals surface area contributed by atoms with E-state index >= 15 is 0 Å². The van der Waals surface area contributed by atoms with Crippen LogP contribution >= 0.6 is 0 Å². The summed E-state index contributed by atoms with van der Waals surface area (Å²) in [6.07, 6.45) is 2.53. The molecule has 0 saturated heterocycles. The number of Topliss-reactive ketones (excluding diaryl/α,β-unsaturated/α-hetero) is 2. The smallest absolute Gasteiger partial charge is 0.242 e. The molecule has 0 unspecified atom stereocenters. The van der Waals surface area contributed by atoms with E-state index in [4.69, 9.17) is 5.26 Å². The average molecular weight is 470 g/mol. The average Bonchev–Trinajstić information content (AvgIpc) is 2.78. The summed E-state index contributed by atoms with van der Waals surface area (Å²) in [6.45, 7) is 2.92. The lowest BCUT2D eigenvalue weighted by Gasteiger charge is -2.19. The van der Waals surface area contributed by atoms with Gasteiger partial charge in [0, 0.05) is 17.7 Å². The Balaban J connectivity index is 2.18. The van der Waals surface area contributed by atoms with Crippen LogP contribution in [-0.4, -0.2) is 31.9 Å². The predicted octanol–water partition coefficient (Wildman–Crippen LogP) is 3.59. The maximum Gasteiger partial charge on any atom is 0.242 e. The third-order valence-electron chi connectivity index (χ3n) is 4.97. The molecule has 0 heterocycles. The molecule has 0 spiro atoms. The number of ketones is 2. The molecule has 0 bridgehead atoms. The van der Waals surface area contributed by atoms with Gasteiger partial charge in [-0.2, -0.15) is 9.98 Å². The van der Waals surface area contributed by atoms with Crippen molar-refractivity contribution in [1.82, 2.24) is 4.72 Å². The lowest BCUT2D eigenvalue weighted by molar-refractivity contribution is -0.118. The normalized spacial score (nSPS) is 11.9. The molecule has 0 aromatic heterocycles. The van der Waals surface area contributed by atoms with E-state index < -0.39 is 22.0 Å². The monoisotopic (exact) mass is 469 g/mol. The molecule has 2 aromatic carbocycles. The third kappa shape index (κ3) is 8.25. The first-order chi connectivity index (χ1) is 15.6. The summed E-state index contributed by atoms with van der Waals surface area (Å²) >= 11 is 0. The van der Waals surface area contributed by atoms with Gasteiger partial charge in [-0.3, -0.25) is 9.59 Å². The molecule has 1 atom stereocenters. The second-order valence-corrected chi connectivity index (χ2v) is 9.45. The molecular formula is C24H27N3O5S. The van der Waals surface area contributed by atoms with Crippen LogP contribution < -0.4 is 10.0 Å². The lowest BCUT2D eigenvalue weighted by Crippen LogP contribution is -2.43. The maximum atomic E-state index is 13.0. The maximum absolute atomic E-state index is 13.0. The van der Waals surface area contributed by atoms with Crippen molar-refractivity contribution in [3.63, 3.8) is 0 Å². The van der Waals surface area contributed by atoms with Crippen molar-refractivity contribution < 1.29 is 22.8 Å². The lowest BCUT2D eigenvalue weighted by atomic mass is 10.1. The van der Waals surface area contributed by atoms with Gasteiger partial charge in [-0.1, -0.05) is 25.0 Å². The Morgan fingerprint density at radius 3 is 2.30 bits per heavy atom. The molecule has 0 radical (unpaired) electrons. The minimum atomic E-state index is -4.03. The van der Waals surface area contributed by atoms with E-state index in [0.29, 0.717) is 42.5 Å². The van der Waals surface area contributed by atoms with Crippen molar-refractivity contribution >= 4 is 33.2 Å². The number of rotatable bonds is 12. The second kappa shape index (κ2) is 12.0. The molecule has 2 N–H and O–H groups in total. The van der Waals surface area contributed by atoms with E-state index in [1.54, 1.807) is 18.2 Å². The highest BCUT2D eigenvalue weighted by atomic mass is 32.2. The summed E-state index contributed by atoms with van der Waals surface area (Å²) in [7, 11) is -4.03. The Labute approximate surface area is 194 Å². The number of nitrogens with one attached hydrogen (secondary N) is 2. The number of nitriles is 1. The first-order valence-corrected chi connectivity index (χ1v) is 12.0. The van der Waals surface area contributed by atoms with Crippen molar-refractivity contribution in [2.45, 2.75) is 56.9 Å². The summed E-state index contributed by atoms with van der Waals surface area (Å²) in [6, 6.07) is 12.6. The van der Waals surface area contributed by atoms with Gasteiger partial charge in [0.15, 0.2) is 5.78 Å². The molecule has 2 rings (SSSR count). The fraction of sp³-hybridized carbons (Fsp3) is 0.333. The van der Waals surface area contributed by atoms with Gasteiger partial charge in [0.25, 0.3) is 0 Å². The number of hydrogen-bond acceptors (Lipinski definition) is 6. The van der Waals surface area contributed by atoms with Gasteiger partial charge in [-0.05, 0) is 63.1 Å². The number of unbranched alkanes of at least 4 members (excludes halogenated alkanes) is 2. The van der Waals surface area contributed by atoms with Crippen LogP contribution in [0.3, 0.4) is 0 Å². The molecular weight excluding hydrogens is 442 g/mol. The number of amides is 1. The highest BCUT2D eigenvalue weighted by molar-refractivity contribution is 7.89. The molecule has 2 aromatic rings. The van der Waals surface area contributed by atoms with Crippen molar-refractivity contribution in [3.8, 4) is 6.07 Å². The van der Waals surface area contributed by atoms with Crippen molar-refractivity contribution in [3.05, 3.63) is 59.7 Å². The summed E-state index contributed by atoms with van der Waals surface area (Å²) in [5.74, 6) is -0.634. The molecule has 8 nitrogen and oxygen atoms in total. The molecule has 1 amide bonds. The first-order valence-electron chi connectivity index (χ1n) is 10.6. The van der Waals surface area contributed by atoms with Crippen molar-refractivity contribution in [2.75, 3.05) is 5.32 Å². The zero-order valence-electron chi connectivity index (χ0n) is 18.6. The Morgan fingerprint density at radius 1 is 1.00 bits per heavy atom. The van der Waals surface area contributed by atoms with Gasteiger partial charge in [0.2, 0.25) is 15.9 Å². The quantitative estimate of drug-likeness (QED) is 0.360. The number of anilines is 1. The van der Waals surface area contributed by atoms with Crippen LogP contribution in [0.4, 0.5) is 5.69 Å². The molecule has 0 aliphatic heterocycles. The van der Waals surface area contributed by atoms with Gasteiger partial charge in [0.1, 0.15) is 11.8 Å². The standard InChI is InChI=1S/C24H27N3O5S/c1-17(28)7-4-3-5-10-23(24(30)26-21-9-6-8-20(15-21)18(2)29)27-33(31,32)22-13-11-19(16-25)12-14-22/h6,8-9,11-15,23,27H,3-5,7,10H2,1-2H3,(H,26,30)/t23-/m0/s1. The topological polar surface area (TPSA) is 133 Å². The van der Waals surface area contributed by atoms with Gasteiger partial charge in [-0.25, -0.2) is 8.42 Å². The SMILES string of the molecule is CC(=O)CCCCC[C@H](NS(=O)(=O)c1ccc(C#N)cc1)C(=O)Nc1cccc(C(C)=O)c1. The second-order valence-electron chi connectivity index (χ2n) is 7.74. The van der Waals surface area contributed by atoms with Crippen LogP contribution in [0.15, 0.2) is 53.4 Å². The van der Waals surface area contributed by atoms with Gasteiger partial charge < -0.3 is 10.1 Å². The van der Waals surface area contributed by atoms with E-state index in [1.807, 2.05) is 6.07 Å². The number of hydrogen-bond donors (Lipinski definition) is 2. The molecule has 0 saturated carbocycles. The van der Waals surface area contributed by atoms with Crippen molar-refractivity contribution in [1.29, 1.82) is 5.26 Å². The van der Waals surface area contributed by atoms with Gasteiger partial charge >= 0.3 is 0 Å². The number of sulfonamides is 1. The van der Waals surface area contributed by atoms with Crippen molar-refractivity contribution in [2.24, 2.45) is 0 Å². The van der Waals surface area contributed by atoms with E-state index in [0.717, 1.165) is 0 Å². The molecule has 174 valence electrons. The largest absolute Gasteiger partial charge is 0.325 e. The molecule has 9 heteroatoms. The molecule has 33 heavy (non-hydrogen) atoms. The number of carbonyl (C=O) groups is 3. The van der Waals surface area contributed by atoms with E-state index in [2.05, 4.69) is 10.0 Å². The van der Waals surface area contributed by atoms with Crippen LogP contribution in [0, 0.1) is 11.3 Å². The Kier molecular flexibility index (Phi) is 9.45. The highest BCUT2D eigenvalue weighted by Gasteiger charge is 2.26. The minimum absolute atomic E-state index is 0.0607. The van der Waals surface area contributed by atoms with Gasteiger partial charge in [0.05, 0.1) is 16.5 Å². The number of nitrogens with zero attached hydrogens (tertiary/aromatic N) is 1. The van der Waals surface area contributed by atoms with E-state index in [9.17, 15) is 22.8 Å². The molecule has 0 fully saturated rings. The van der Waals surface area contributed by atoms with Crippen LogP contribution in [0.1, 0.15) is 61.9 Å². The fourth-order valence-electron chi connectivity index (χ4n) is 3.15. The predicted molar refractivity (Wildman–Crippen MR) is 124 cm³/mol. The first kappa shape index (κ1) is 25.9. The van der Waals surface area contributed by atoms with Crippen LogP contribution in [0.5, 0.6) is 0 Å². The summed E-state index contributed by atoms with van der Waals surface area (Å²) in [5.41, 5.74) is 1.12. The Hall–Kier alpha value is -3.35. The summed E-state index contributed by atoms with van der Waals surface area (Å²) < 4.78 is 28.2. The van der Waals surface area contributed by atoms with E-state index in [-0.39, 0.29) is 22.9 Å². The number of benzene rings is 2. The molecule has 0 aliphatic rings. The van der Waals surface area contributed by atoms with Crippen LogP contribution in [0.25, 0.3) is 0 Å². The summed E-state index contributed by atoms with van der Waals surface area (Å²) in [4.78, 5) is 35.6. The molecule has 0 aliphatic carbocycles. The Bertz CT molecular complexity index is 1150. The minimum Gasteiger partial charge on any atom is -0.325 e. The fourth-order valence-corrected chi connectivity index (χ4v) is 4.38. The number of carbonyl (C=O) groups excluding carboxylic acids is 3. The van der Waals surface area contributed by atoms with Gasteiger partial charge in [-0.15, -0.1) is 0 Å². The zero-order chi connectivity index (χ0) is 24.4. The third-order valence-corrected chi connectivity index (χ3v) is 6.45. The highest BCUT2D eigenvalue weighted by Crippen LogP contribution is 2.16. The summed E-state index contributed by atoms with van der Waals surface area (Å²) in [5, 5.41) is 11.6. The van der Waals surface area contributed by atoms with Crippen LogP contribution in [0.2, 0.25) is 0 Å². The van der Waals surface area contributed by atoms with E-state index in [1.165, 1.54) is 44.2 Å².